The Morgan fingerprint density at radius 1 is 1.09 bits per heavy atom. The first-order valence-electron chi connectivity index (χ1n) is 10.7. The van der Waals surface area contributed by atoms with Crippen molar-refractivity contribution in [1.82, 2.24) is 0 Å². The first kappa shape index (κ1) is 23.6. The minimum atomic E-state index is -0.546. The van der Waals surface area contributed by atoms with E-state index >= 15 is 0 Å². The monoisotopic (exact) mass is 487 g/mol. The van der Waals surface area contributed by atoms with Crippen LogP contribution in [0.3, 0.4) is 0 Å². The van der Waals surface area contributed by atoms with Gasteiger partial charge < -0.3 is 5.32 Å². The number of para-hydroxylation sites is 1. The molecule has 0 saturated carbocycles. The van der Waals surface area contributed by atoms with Gasteiger partial charge in [-0.05, 0) is 67.3 Å². The van der Waals surface area contributed by atoms with Crippen molar-refractivity contribution in [2.24, 2.45) is 0 Å². The van der Waals surface area contributed by atoms with E-state index in [0.29, 0.717) is 27.8 Å². The van der Waals surface area contributed by atoms with E-state index in [1.165, 1.54) is 16.7 Å². The third-order valence-electron chi connectivity index (χ3n) is 5.47. The van der Waals surface area contributed by atoms with Gasteiger partial charge in [0.15, 0.2) is 0 Å². The van der Waals surface area contributed by atoms with E-state index in [9.17, 15) is 14.9 Å². The zero-order valence-electron chi connectivity index (χ0n) is 18.7. The quantitative estimate of drug-likeness (QED) is 0.352. The molecule has 2 amide bonds. The van der Waals surface area contributed by atoms with Gasteiger partial charge in [0.05, 0.1) is 5.25 Å². The van der Waals surface area contributed by atoms with Crippen LogP contribution in [0.25, 0.3) is 0 Å². The molecule has 0 radical (unpaired) electrons. The maximum atomic E-state index is 13.5. The molecule has 1 unspecified atom stereocenters. The molecule has 0 bridgehead atoms. The average molecular weight is 488 g/mol. The second kappa shape index (κ2) is 10.2. The number of rotatable bonds is 5. The molecule has 1 aliphatic heterocycles. The summed E-state index contributed by atoms with van der Waals surface area (Å²) >= 11 is 7.36. The molecule has 1 N–H and O–H groups in total. The lowest BCUT2D eigenvalue weighted by atomic mass is 10.1. The standard InChI is InChI=1S/C27H22ClN3O2S/c1-17-11-12-18(2)23(13-17)30-25(32)22(16-29)27-31(21-9-4-3-5-10-21)26(33)24(34-27)15-19-7-6-8-20(28)14-19/h3-14,24H,15H2,1-2H3,(H,30,32)/b27-22-. The first-order chi connectivity index (χ1) is 16.4. The molecule has 0 aliphatic carbocycles. The summed E-state index contributed by atoms with van der Waals surface area (Å²) in [7, 11) is 0. The van der Waals surface area contributed by atoms with Crippen LogP contribution in [0.4, 0.5) is 11.4 Å². The van der Waals surface area contributed by atoms with Crippen LogP contribution in [0.5, 0.6) is 0 Å². The Morgan fingerprint density at radius 2 is 1.85 bits per heavy atom. The summed E-state index contributed by atoms with van der Waals surface area (Å²) in [6.45, 7) is 3.82. The number of hydrogen-bond acceptors (Lipinski definition) is 4. The Kier molecular flexibility index (Phi) is 7.06. The lowest BCUT2D eigenvalue weighted by Gasteiger charge is -2.19. The van der Waals surface area contributed by atoms with Crippen molar-refractivity contribution in [2.75, 3.05) is 10.2 Å². The topological polar surface area (TPSA) is 73.2 Å². The number of nitrogens with zero attached hydrogens (tertiary/aromatic N) is 2. The number of benzene rings is 3. The van der Waals surface area contributed by atoms with E-state index in [1.54, 1.807) is 18.2 Å². The highest BCUT2D eigenvalue weighted by atomic mass is 35.5. The third kappa shape index (κ3) is 5.01. The molecule has 4 rings (SSSR count). The Balaban J connectivity index is 1.73. The molecule has 1 fully saturated rings. The van der Waals surface area contributed by atoms with Crippen molar-refractivity contribution in [2.45, 2.75) is 25.5 Å². The van der Waals surface area contributed by atoms with Crippen LogP contribution in [0, 0.1) is 25.2 Å². The third-order valence-corrected chi connectivity index (χ3v) is 6.97. The average Bonchev–Trinajstić information content (AvgIpc) is 3.12. The molecule has 1 saturated heterocycles. The molecule has 3 aromatic carbocycles. The maximum absolute atomic E-state index is 13.5. The Bertz CT molecular complexity index is 1330. The summed E-state index contributed by atoms with van der Waals surface area (Å²) in [6.07, 6.45) is 0.425. The second-order valence-corrected chi connectivity index (χ2v) is 9.64. The number of anilines is 2. The number of amides is 2. The Labute approximate surface area is 208 Å². The van der Waals surface area contributed by atoms with Gasteiger partial charge in [0, 0.05) is 16.4 Å². The summed E-state index contributed by atoms with van der Waals surface area (Å²) in [5, 5.41) is 13.3. The van der Waals surface area contributed by atoms with E-state index in [-0.39, 0.29) is 11.5 Å². The predicted molar refractivity (Wildman–Crippen MR) is 138 cm³/mol. The molecule has 0 spiro atoms. The van der Waals surface area contributed by atoms with Crippen LogP contribution in [0.2, 0.25) is 5.02 Å². The summed E-state index contributed by atoms with van der Waals surface area (Å²) in [5.74, 6) is -0.728. The molecule has 3 aromatic rings. The van der Waals surface area contributed by atoms with Crippen LogP contribution < -0.4 is 10.2 Å². The number of thioether (sulfide) groups is 1. The minimum absolute atomic E-state index is 0.100. The Hall–Kier alpha value is -3.53. The second-order valence-electron chi connectivity index (χ2n) is 8.01. The lowest BCUT2D eigenvalue weighted by molar-refractivity contribution is -0.117. The van der Waals surface area contributed by atoms with E-state index in [4.69, 9.17) is 11.6 Å². The highest BCUT2D eigenvalue weighted by molar-refractivity contribution is 8.05. The molecular formula is C27H22ClN3O2S. The fourth-order valence-corrected chi connectivity index (χ4v) is 5.25. The van der Waals surface area contributed by atoms with Crippen molar-refractivity contribution in [3.63, 3.8) is 0 Å². The highest BCUT2D eigenvalue weighted by Gasteiger charge is 2.40. The molecule has 34 heavy (non-hydrogen) atoms. The molecule has 7 heteroatoms. The van der Waals surface area contributed by atoms with Gasteiger partial charge in [-0.25, -0.2) is 0 Å². The predicted octanol–water partition coefficient (Wildman–Crippen LogP) is 6.02. The highest BCUT2D eigenvalue weighted by Crippen LogP contribution is 2.42. The Morgan fingerprint density at radius 3 is 2.56 bits per heavy atom. The number of nitriles is 1. The number of nitrogens with one attached hydrogen (secondary N) is 1. The summed E-state index contributed by atoms with van der Waals surface area (Å²) in [5.41, 5.74) is 3.92. The van der Waals surface area contributed by atoms with Crippen LogP contribution in [0.15, 0.2) is 83.4 Å². The van der Waals surface area contributed by atoms with Gasteiger partial charge in [0.2, 0.25) is 5.91 Å². The van der Waals surface area contributed by atoms with Gasteiger partial charge in [-0.15, -0.1) is 0 Å². The van der Waals surface area contributed by atoms with Crippen molar-refractivity contribution in [3.05, 3.63) is 105 Å². The van der Waals surface area contributed by atoms with Crippen LogP contribution >= 0.6 is 23.4 Å². The fourth-order valence-electron chi connectivity index (χ4n) is 3.73. The van der Waals surface area contributed by atoms with Gasteiger partial charge in [-0.1, -0.05) is 65.8 Å². The van der Waals surface area contributed by atoms with Gasteiger partial charge in [-0.3, -0.25) is 14.5 Å². The zero-order valence-corrected chi connectivity index (χ0v) is 20.3. The first-order valence-corrected chi connectivity index (χ1v) is 12.0. The van der Waals surface area contributed by atoms with Crippen molar-refractivity contribution in [3.8, 4) is 6.07 Å². The lowest BCUT2D eigenvalue weighted by Crippen LogP contribution is -2.30. The van der Waals surface area contributed by atoms with E-state index in [2.05, 4.69) is 5.32 Å². The van der Waals surface area contributed by atoms with Crippen LogP contribution in [-0.2, 0) is 16.0 Å². The van der Waals surface area contributed by atoms with E-state index in [0.717, 1.165) is 16.7 Å². The normalized spacial score (nSPS) is 16.8. The van der Waals surface area contributed by atoms with Gasteiger partial charge in [0.25, 0.3) is 5.91 Å². The SMILES string of the molecule is Cc1ccc(C)c(NC(=O)/C(C#N)=C2\SC(Cc3cccc(Cl)c3)C(=O)N2c2ccccc2)c1. The van der Waals surface area contributed by atoms with Gasteiger partial charge in [-0.2, -0.15) is 5.26 Å². The van der Waals surface area contributed by atoms with Gasteiger partial charge >= 0.3 is 0 Å². The molecule has 1 aliphatic rings. The summed E-state index contributed by atoms with van der Waals surface area (Å²) in [4.78, 5) is 28.2. The van der Waals surface area contributed by atoms with Crippen LogP contribution in [-0.4, -0.2) is 17.1 Å². The molecule has 1 atom stereocenters. The molecule has 1 heterocycles. The maximum Gasteiger partial charge on any atom is 0.269 e. The fraction of sp³-hybridized carbons (Fsp3) is 0.148. The van der Waals surface area contributed by atoms with Crippen LogP contribution in [0.1, 0.15) is 16.7 Å². The van der Waals surface area contributed by atoms with Crippen molar-refractivity contribution < 1.29 is 9.59 Å². The van der Waals surface area contributed by atoms with E-state index in [1.807, 2.05) is 74.5 Å². The molecular weight excluding hydrogens is 466 g/mol. The number of aryl methyl sites for hydroxylation is 2. The zero-order chi connectivity index (χ0) is 24.2. The largest absolute Gasteiger partial charge is 0.321 e. The molecule has 0 aromatic heterocycles. The summed E-state index contributed by atoms with van der Waals surface area (Å²) in [6, 6.07) is 24.2. The van der Waals surface area contributed by atoms with Crippen molar-refractivity contribution in [1.29, 1.82) is 5.26 Å². The molecule has 5 nitrogen and oxygen atoms in total. The number of hydrogen-bond donors (Lipinski definition) is 1. The number of carbonyl (C=O) groups excluding carboxylic acids is 2. The van der Waals surface area contributed by atoms with Gasteiger partial charge in [0.1, 0.15) is 16.7 Å². The number of carbonyl (C=O) groups is 2. The van der Waals surface area contributed by atoms with E-state index < -0.39 is 11.2 Å². The summed E-state index contributed by atoms with van der Waals surface area (Å²) < 4.78 is 0. The molecule has 170 valence electrons. The minimum Gasteiger partial charge on any atom is -0.321 e. The number of halogens is 1. The smallest absolute Gasteiger partial charge is 0.269 e. The van der Waals surface area contributed by atoms with Crippen molar-refractivity contribution >= 4 is 46.6 Å².